The van der Waals surface area contributed by atoms with Crippen molar-refractivity contribution in [2.45, 2.75) is 14.7 Å². The zero-order valence-corrected chi connectivity index (χ0v) is 18.8. The highest BCUT2D eigenvalue weighted by Gasteiger charge is 2.28. The maximum atomic E-state index is 9.08. The molecule has 3 aromatic rings. The van der Waals surface area contributed by atoms with Crippen LogP contribution < -0.4 is 14.2 Å². The Labute approximate surface area is 180 Å². The summed E-state index contributed by atoms with van der Waals surface area (Å²) >= 11 is 0. The van der Waals surface area contributed by atoms with E-state index in [1.54, 1.807) is 21.3 Å². The average Bonchev–Trinajstić information content (AvgIpc) is 2.74. The number of hydrogen-bond acceptors (Lipinski definition) is 6. The first-order chi connectivity index (χ1) is 14.2. The topological polar surface area (TPSA) is 84.9 Å². The Hall–Kier alpha value is -2.68. The average molecular weight is 449 g/mol. The van der Waals surface area contributed by atoms with Crippen molar-refractivity contribution in [2.24, 2.45) is 0 Å². The molecular formula is C22H24O6S2. The van der Waals surface area contributed by atoms with E-state index in [9.17, 15) is 0 Å². The molecule has 0 spiro atoms. The maximum Gasteiger partial charge on any atom is 0.166 e. The fourth-order valence-electron chi connectivity index (χ4n) is 2.54. The molecule has 0 atom stereocenters. The molecule has 0 saturated heterocycles. The van der Waals surface area contributed by atoms with Crippen LogP contribution in [0.25, 0.3) is 0 Å². The summed E-state index contributed by atoms with van der Waals surface area (Å²) in [4.78, 5) is 3.70. The van der Waals surface area contributed by atoms with Crippen LogP contribution in [0.2, 0.25) is 0 Å². The van der Waals surface area contributed by atoms with Crippen molar-refractivity contribution in [1.82, 2.24) is 0 Å². The Bertz CT molecular complexity index is 894. The van der Waals surface area contributed by atoms with Crippen LogP contribution in [0.5, 0.6) is 17.2 Å². The van der Waals surface area contributed by atoms with Gasteiger partial charge in [-0.1, -0.05) is 0 Å². The van der Waals surface area contributed by atoms with Gasteiger partial charge in [0.25, 0.3) is 0 Å². The van der Waals surface area contributed by atoms with Crippen LogP contribution in [0.3, 0.4) is 0 Å². The largest absolute Gasteiger partial charge is 0.748 e. The van der Waals surface area contributed by atoms with Crippen LogP contribution in [0, 0.1) is 0 Å². The zero-order chi connectivity index (χ0) is 22.1. The second kappa shape index (κ2) is 10.9. The van der Waals surface area contributed by atoms with Crippen LogP contribution in [0.15, 0.2) is 87.5 Å². The van der Waals surface area contributed by atoms with Gasteiger partial charge in [0, 0.05) is 6.26 Å². The predicted octanol–water partition coefficient (Wildman–Crippen LogP) is 3.97. The summed E-state index contributed by atoms with van der Waals surface area (Å²) in [6.07, 6.45) is 0.604. The number of rotatable bonds is 6. The molecule has 160 valence electrons. The molecule has 0 aliphatic heterocycles. The minimum atomic E-state index is -3.92. The first-order valence-electron chi connectivity index (χ1n) is 8.82. The van der Waals surface area contributed by atoms with Crippen LogP contribution in [0.1, 0.15) is 0 Å². The molecule has 0 aliphatic rings. The maximum absolute atomic E-state index is 9.08. The van der Waals surface area contributed by atoms with Crippen LogP contribution in [0.4, 0.5) is 0 Å². The smallest absolute Gasteiger partial charge is 0.166 e. The van der Waals surface area contributed by atoms with Crippen molar-refractivity contribution in [3.05, 3.63) is 72.8 Å². The third kappa shape index (κ3) is 7.29. The summed E-state index contributed by atoms with van der Waals surface area (Å²) in [5, 5.41) is 0. The molecule has 30 heavy (non-hydrogen) atoms. The Morgan fingerprint density at radius 3 is 0.967 bits per heavy atom. The van der Waals surface area contributed by atoms with Gasteiger partial charge in [-0.05, 0) is 72.8 Å². The first kappa shape index (κ1) is 23.6. The van der Waals surface area contributed by atoms with Gasteiger partial charge in [-0.15, -0.1) is 0 Å². The molecule has 0 amide bonds. The van der Waals surface area contributed by atoms with E-state index in [2.05, 4.69) is 36.4 Å². The minimum absolute atomic E-state index is 0.212. The second-order valence-corrected chi connectivity index (χ2v) is 9.47. The second-order valence-electron chi connectivity index (χ2n) is 6.04. The molecule has 0 unspecified atom stereocenters. The van der Waals surface area contributed by atoms with Crippen molar-refractivity contribution >= 4 is 21.0 Å². The molecule has 0 fully saturated rings. The van der Waals surface area contributed by atoms with Gasteiger partial charge in [0.2, 0.25) is 0 Å². The molecule has 3 aromatic carbocycles. The number of hydrogen-bond donors (Lipinski definition) is 0. The molecule has 3 rings (SSSR count). The Balaban J connectivity index is 0.000000575. The molecule has 0 aliphatic carbocycles. The fraction of sp³-hybridized carbons (Fsp3) is 0.182. The molecule has 0 aromatic heterocycles. The fourth-order valence-corrected chi connectivity index (χ4v) is 4.58. The van der Waals surface area contributed by atoms with Gasteiger partial charge in [0.1, 0.15) is 17.2 Å². The molecule has 0 heterocycles. The highest BCUT2D eigenvalue weighted by molar-refractivity contribution is 7.97. The molecule has 0 saturated carbocycles. The zero-order valence-electron chi connectivity index (χ0n) is 17.2. The van der Waals surface area contributed by atoms with E-state index in [1.165, 1.54) is 14.7 Å². The molecular weight excluding hydrogens is 424 g/mol. The molecule has 8 heteroatoms. The third-order valence-corrected chi connectivity index (χ3v) is 6.12. The van der Waals surface area contributed by atoms with E-state index in [1.807, 2.05) is 36.4 Å². The quantitative estimate of drug-likeness (QED) is 0.419. The van der Waals surface area contributed by atoms with E-state index < -0.39 is 10.1 Å². The number of ether oxygens (including phenoxy) is 3. The lowest BCUT2D eigenvalue weighted by Crippen LogP contribution is -2.05. The predicted molar refractivity (Wildman–Crippen MR) is 117 cm³/mol. The Kier molecular flexibility index (Phi) is 8.58. The molecule has 0 radical (unpaired) electrons. The van der Waals surface area contributed by atoms with E-state index >= 15 is 0 Å². The van der Waals surface area contributed by atoms with Crippen molar-refractivity contribution < 1.29 is 27.2 Å². The molecule has 6 nitrogen and oxygen atoms in total. The highest BCUT2D eigenvalue weighted by Crippen LogP contribution is 2.33. The van der Waals surface area contributed by atoms with E-state index in [0.29, 0.717) is 6.26 Å². The summed E-state index contributed by atoms with van der Waals surface area (Å²) in [7, 11) is 0.918. The van der Waals surface area contributed by atoms with Gasteiger partial charge in [-0.2, -0.15) is 0 Å². The highest BCUT2D eigenvalue weighted by atomic mass is 32.2. The summed E-state index contributed by atoms with van der Waals surface area (Å²) in [5.41, 5.74) is 0. The molecule has 0 N–H and O–H groups in total. The third-order valence-electron chi connectivity index (χ3n) is 3.89. The van der Waals surface area contributed by atoms with Crippen LogP contribution in [-0.2, 0) is 21.0 Å². The van der Waals surface area contributed by atoms with E-state index in [4.69, 9.17) is 27.2 Å². The van der Waals surface area contributed by atoms with Crippen molar-refractivity contribution in [2.75, 3.05) is 27.6 Å². The first-order valence-corrected chi connectivity index (χ1v) is 11.9. The van der Waals surface area contributed by atoms with Gasteiger partial charge < -0.3 is 18.8 Å². The number of benzene rings is 3. The Morgan fingerprint density at radius 1 is 0.600 bits per heavy atom. The van der Waals surface area contributed by atoms with Crippen molar-refractivity contribution in [3.63, 3.8) is 0 Å². The van der Waals surface area contributed by atoms with Crippen molar-refractivity contribution in [1.29, 1.82) is 0 Å². The SMILES string of the molecule is COc1ccc([S+](c2ccc(OC)cc2)c2ccc(OC)cc2)cc1.CS(=O)(=O)[O-]. The lowest BCUT2D eigenvalue weighted by molar-refractivity contribution is 0.414. The summed E-state index contributed by atoms with van der Waals surface area (Å²) in [6.45, 7) is 0. The normalized spacial score (nSPS) is 10.7. The van der Waals surface area contributed by atoms with E-state index in [0.717, 1.165) is 17.2 Å². The summed E-state index contributed by atoms with van der Waals surface area (Å²) < 4.78 is 43.1. The summed E-state index contributed by atoms with van der Waals surface area (Å²) in [6, 6.07) is 24.7. The minimum Gasteiger partial charge on any atom is -0.748 e. The van der Waals surface area contributed by atoms with Gasteiger partial charge in [0.15, 0.2) is 14.7 Å². The van der Waals surface area contributed by atoms with Crippen LogP contribution in [-0.4, -0.2) is 40.6 Å². The lowest BCUT2D eigenvalue weighted by Gasteiger charge is -2.10. The van der Waals surface area contributed by atoms with Crippen molar-refractivity contribution in [3.8, 4) is 17.2 Å². The Morgan fingerprint density at radius 2 is 0.800 bits per heavy atom. The van der Waals surface area contributed by atoms with Gasteiger partial charge in [0.05, 0.1) is 42.3 Å². The van der Waals surface area contributed by atoms with E-state index in [-0.39, 0.29) is 10.9 Å². The van der Waals surface area contributed by atoms with Crippen LogP contribution >= 0.6 is 0 Å². The van der Waals surface area contributed by atoms with Gasteiger partial charge >= 0.3 is 0 Å². The summed E-state index contributed by atoms with van der Waals surface area (Å²) in [5.74, 6) is 2.57. The molecule has 0 bridgehead atoms. The van der Waals surface area contributed by atoms with Gasteiger partial charge in [-0.25, -0.2) is 8.42 Å². The number of methoxy groups -OCH3 is 3. The lowest BCUT2D eigenvalue weighted by atomic mass is 10.3. The standard InChI is InChI=1S/C21H21O3S.CH4O3S/c1-22-16-4-10-19(11-5-16)25(20-12-6-17(23-2)7-13-20)21-14-8-18(24-3)9-15-21;1-5(2,3)4/h4-15H,1-3H3;1H3,(H,2,3,4)/q+1;/p-1. The monoisotopic (exact) mass is 448 g/mol. The van der Waals surface area contributed by atoms with Gasteiger partial charge in [-0.3, -0.25) is 0 Å².